The number of fused-ring (bicyclic) bond motifs is 3. The lowest BCUT2D eigenvalue weighted by atomic mass is 9.55. The van der Waals surface area contributed by atoms with Gasteiger partial charge in [0, 0.05) is 12.7 Å². The number of methoxy groups -OCH3 is 1. The van der Waals surface area contributed by atoms with E-state index >= 15 is 0 Å². The quantitative estimate of drug-likeness (QED) is 0.316. The van der Waals surface area contributed by atoms with E-state index in [-0.39, 0.29) is 36.7 Å². The number of carbonyl (C=O) groups is 2. The van der Waals surface area contributed by atoms with Crippen molar-refractivity contribution in [3.8, 4) is 5.75 Å². The number of alkyl halides is 6. The molecule has 2 aromatic carbocycles. The summed E-state index contributed by atoms with van der Waals surface area (Å²) in [4.78, 5) is 27.6. The number of hydrogen-bond acceptors (Lipinski definition) is 6. The standard InChI is InChI=1S/C26H22BF6NO6/c1-39-11-12-6-18-21(17-10-20(40-27(38)22(12)17)16-4-2-3-5-19(16)35)24(37)34(23(18)36)15-8-13(25(28,29)30)7-14(9-15)26(31,32)33/h2-5,7-9,17-18,20-21,35,38H,6,10-11H2,1H3/t17-,18-,20-,21+/m0/s1. The van der Waals surface area contributed by atoms with Gasteiger partial charge in [0.25, 0.3) is 0 Å². The number of nitrogens with zero attached hydrogens (tertiary/aromatic N) is 1. The molecule has 0 aromatic heterocycles. The van der Waals surface area contributed by atoms with Gasteiger partial charge in [-0.25, -0.2) is 4.90 Å². The van der Waals surface area contributed by atoms with Crippen LogP contribution in [0.25, 0.3) is 0 Å². The summed E-state index contributed by atoms with van der Waals surface area (Å²) in [6, 6.07) is 6.74. The van der Waals surface area contributed by atoms with Crippen LogP contribution < -0.4 is 4.90 Å². The Labute approximate surface area is 224 Å². The number of rotatable bonds is 4. The van der Waals surface area contributed by atoms with Crippen molar-refractivity contribution in [2.24, 2.45) is 17.8 Å². The van der Waals surface area contributed by atoms with Crippen LogP contribution >= 0.6 is 0 Å². The van der Waals surface area contributed by atoms with Gasteiger partial charge in [-0.1, -0.05) is 18.2 Å². The average Bonchev–Trinajstić information content (AvgIpc) is 3.12. The highest BCUT2D eigenvalue weighted by molar-refractivity contribution is 6.53. The van der Waals surface area contributed by atoms with Crippen molar-refractivity contribution in [1.29, 1.82) is 0 Å². The van der Waals surface area contributed by atoms with E-state index in [2.05, 4.69) is 0 Å². The van der Waals surface area contributed by atoms with Crippen molar-refractivity contribution in [1.82, 2.24) is 0 Å². The fourth-order valence-electron chi connectivity index (χ4n) is 6.00. The van der Waals surface area contributed by atoms with Crippen molar-refractivity contribution in [3.05, 3.63) is 70.2 Å². The Morgan fingerprint density at radius 1 is 1.00 bits per heavy atom. The van der Waals surface area contributed by atoms with E-state index in [1.165, 1.54) is 13.2 Å². The normalized spacial score (nSPS) is 25.4. The molecule has 5 rings (SSSR count). The molecular weight excluding hydrogens is 547 g/mol. The summed E-state index contributed by atoms with van der Waals surface area (Å²) in [5.74, 6) is -5.26. The highest BCUT2D eigenvalue weighted by Crippen LogP contribution is 2.53. The van der Waals surface area contributed by atoms with Gasteiger partial charge in [0.05, 0.1) is 41.4 Å². The van der Waals surface area contributed by atoms with Crippen LogP contribution in [0.15, 0.2) is 53.5 Å². The maximum Gasteiger partial charge on any atom is 0.487 e. The number of phenolic OH excluding ortho intramolecular Hbond substituents is 1. The van der Waals surface area contributed by atoms with E-state index < -0.39 is 72.0 Å². The van der Waals surface area contributed by atoms with Crippen molar-refractivity contribution in [2.75, 3.05) is 18.6 Å². The number of carbonyl (C=O) groups excluding carboxylic acids is 2. The van der Waals surface area contributed by atoms with Gasteiger partial charge in [0.2, 0.25) is 11.8 Å². The molecule has 2 aromatic rings. The number of anilines is 1. The monoisotopic (exact) mass is 569 g/mol. The second kappa shape index (κ2) is 9.93. The predicted molar refractivity (Wildman–Crippen MR) is 127 cm³/mol. The molecule has 1 aliphatic carbocycles. The highest BCUT2D eigenvalue weighted by Gasteiger charge is 2.58. The van der Waals surface area contributed by atoms with E-state index in [4.69, 9.17) is 9.39 Å². The topological polar surface area (TPSA) is 96.3 Å². The van der Waals surface area contributed by atoms with Crippen LogP contribution in [0.4, 0.5) is 32.0 Å². The second-order valence-corrected chi connectivity index (χ2v) is 9.98. The smallest absolute Gasteiger partial charge is 0.487 e. The molecule has 2 fully saturated rings. The van der Waals surface area contributed by atoms with Crippen molar-refractivity contribution < 1.29 is 55.5 Å². The molecule has 0 unspecified atom stereocenters. The minimum absolute atomic E-state index is 0.00159. The minimum Gasteiger partial charge on any atom is -0.508 e. The molecule has 4 atom stereocenters. The summed E-state index contributed by atoms with van der Waals surface area (Å²) < 4.78 is 92.0. The summed E-state index contributed by atoms with van der Waals surface area (Å²) in [5, 5.41) is 21.3. The lowest BCUT2D eigenvalue weighted by Gasteiger charge is -2.42. The third kappa shape index (κ3) is 4.77. The van der Waals surface area contributed by atoms with Crippen LogP contribution in [0.2, 0.25) is 0 Å². The minimum atomic E-state index is -5.18. The molecule has 14 heteroatoms. The number of allylic oxidation sites excluding steroid dienone is 1. The first-order valence-electron chi connectivity index (χ1n) is 12.2. The van der Waals surface area contributed by atoms with E-state index in [1.54, 1.807) is 18.2 Å². The Bertz CT molecular complexity index is 1360. The lowest BCUT2D eigenvalue weighted by molar-refractivity contribution is -0.143. The van der Waals surface area contributed by atoms with Gasteiger partial charge >= 0.3 is 19.5 Å². The summed E-state index contributed by atoms with van der Waals surface area (Å²) in [5.41, 5.74) is -3.14. The lowest BCUT2D eigenvalue weighted by Crippen LogP contribution is -2.45. The van der Waals surface area contributed by atoms with Crippen LogP contribution in [-0.2, 0) is 31.3 Å². The van der Waals surface area contributed by atoms with Crippen molar-refractivity contribution >= 4 is 24.6 Å². The number of aromatic hydroxyl groups is 1. The Morgan fingerprint density at radius 3 is 2.20 bits per heavy atom. The molecule has 0 spiro atoms. The van der Waals surface area contributed by atoms with Crippen LogP contribution in [0, 0.1) is 17.8 Å². The maximum absolute atomic E-state index is 13.7. The number of imide groups is 1. The van der Waals surface area contributed by atoms with Crippen molar-refractivity contribution in [3.63, 3.8) is 0 Å². The SMILES string of the molecule is COCC1=C2B(O)O[C@H](c3ccccc3O)C[C@H]2[C@H]2C(=O)N(c3cc(C(F)(F)F)cc(C(F)(F)F)c3)C(=O)[C@H]2C1. The molecule has 2 aliphatic heterocycles. The average molecular weight is 569 g/mol. The van der Waals surface area contributed by atoms with Crippen molar-refractivity contribution in [2.45, 2.75) is 31.3 Å². The third-order valence-electron chi connectivity index (χ3n) is 7.64. The first-order valence-corrected chi connectivity index (χ1v) is 12.2. The first kappa shape index (κ1) is 28.2. The van der Waals surface area contributed by atoms with E-state index in [0.29, 0.717) is 28.2 Å². The fraction of sp³-hybridized carbons (Fsp3) is 0.385. The molecule has 2 amide bonds. The fourth-order valence-corrected chi connectivity index (χ4v) is 6.00. The molecule has 2 heterocycles. The highest BCUT2D eigenvalue weighted by atomic mass is 19.4. The first-order chi connectivity index (χ1) is 18.7. The Balaban J connectivity index is 1.59. The molecule has 0 saturated carbocycles. The predicted octanol–water partition coefficient (Wildman–Crippen LogP) is 4.68. The van der Waals surface area contributed by atoms with Crippen LogP contribution in [0.3, 0.4) is 0 Å². The van der Waals surface area contributed by atoms with Gasteiger partial charge in [-0.05, 0) is 54.1 Å². The van der Waals surface area contributed by atoms with Gasteiger partial charge in [-0.2, -0.15) is 26.3 Å². The molecule has 3 aliphatic rings. The number of benzene rings is 2. The summed E-state index contributed by atoms with van der Waals surface area (Å²) >= 11 is 0. The van der Waals surface area contributed by atoms with Gasteiger partial charge < -0.3 is 19.5 Å². The number of phenols is 1. The molecule has 7 nitrogen and oxygen atoms in total. The molecular formula is C26H22BF6NO6. The Hall–Kier alpha value is -3.36. The number of halogens is 6. The maximum atomic E-state index is 13.7. The zero-order valence-electron chi connectivity index (χ0n) is 20.8. The zero-order valence-corrected chi connectivity index (χ0v) is 20.8. The molecule has 0 bridgehead atoms. The number of hydrogen-bond donors (Lipinski definition) is 2. The van der Waals surface area contributed by atoms with Crippen LogP contribution in [0.5, 0.6) is 5.75 Å². The van der Waals surface area contributed by atoms with Gasteiger partial charge in [-0.15, -0.1) is 0 Å². The largest absolute Gasteiger partial charge is 0.508 e. The zero-order chi connectivity index (χ0) is 29.1. The number of ether oxygens (including phenoxy) is 1. The van der Waals surface area contributed by atoms with Gasteiger partial charge in [0.1, 0.15) is 5.75 Å². The Morgan fingerprint density at radius 2 is 1.62 bits per heavy atom. The number of amides is 2. The summed E-state index contributed by atoms with van der Waals surface area (Å²) in [7, 11) is -0.193. The van der Waals surface area contributed by atoms with Crippen LogP contribution in [-0.4, -0.2) is 42.8 Å². The number of para-hydroxylation sites is 1. The third-order valence-corrected chi connectivity index (χ3v) is 7.64. The van der Waals surface area contributed by atoms with Gasteiger partial charge in [0.15, 0.2) is 0 Å². The summed E-state index contributed by atoms with van der Waals surface area (Å²) in [6.45, 7) is -0.0556. The summed E-state index contributed by atoms with van der Waals surface area (Å²) in [6.07, 6.45) is -11.4. The van der Waals surface area contributed by atoms with E-state index in [1.807, 2.05) is 0 Å². The molecule has 40 heavy (non-hydrogen) atoms. The van der Waals surface area contributed by atoms with Gasteiger partial charge in [-0.3, -0.25) is 9.59 Å². The molecule has 2 saturated heterocycles. The molecule has 0 radical (unpaired) electrons. The molecule has 212 valence electrons. The van der Waals surface area contributed by atoms with Crippen LogP contribution in [0.1, 0.15) is 35.6 Å². The van der Waals surface area contributed by atoms with E-state index in [9.17, 15) is 46.1 Å². The second-order valence-electron chi connectivity index (χ2n) is 9.98. The van der Waals surface area contributed by atoms with E-state index in [0.717, 1.165) is 0 Å². The molecule has 2 N–H and O–H groups in total. The Kier molecular flexibility index (Phi) is 7.00.